The van der Waals surface area contributed by atoms with Gasteiger partial charge in [-0.1, -0.05) is 6.07 Å². The standard InChI is InChI=1S/C17H15N3O2S/c1-11-5-6-13(15(8-11)22-2)14-10-23-17(19-14)20-16(21)12-4-3-7-18-9-12/h3-10H,1-2H3,(H,19,20,21). The molecule has 0 saturated carbocycles. The summed E-state index contributed by atoms with van der Waals surface area (Å²) < 4.78 is 5.41. The van der Waals surface area contributed by atoms with E-state index in [1.54, 1.807) is 25.4 Å². The maximum atomic E-state index is 12.1. The normalized spacial score (nSPS) is 10.3. The van der Waals surface area contributed by atoms with Gasteiger partial charge in [-0.2, -0.15) is 0 Å². The summed E-state index contributed by atoms with van der Waals surface area (Å²) in [7, 11) is 1.63. The molecule has 0 bridgehead atoms. The molecule has 116 valence electrons. The first-order valence-electron chi connectivity index (χ1n) is 6.99. The molecule has 1 N–H and O–H groups in total. The molecule has 0 unspecified atom stereocenters. The fraction of sp³-hybridized carbons (Fsp3) is 0.118. The SMILES string of the molecule is COc1cc(C)ccc1-c1csc(NC(=O)c2cccnc2)n1. The Balaban J connectivity index is 1.82. The van der Waals surface area contributed by atoms with Crippen molar-refractivity contribution >= 4 is 22.4 Å². The highest BCUT2D eigenvalue weighted by molar-refractivity contribution is 7.14. The number of anilines is 1. The Hall–Kier alpha value is -2.73. The number of amides is 1. The first-order valence-corrected chi connectivity index (χ1v) is 7.87. The molecule has 0 atom stereocenters. The molecule has 5 nitrogen and oxygen atoms in total. The van der Waals surface area contributed by atoms with E-state index in [0.717, 1.165) is 22.6 Å². The quantitative estimate of drug-likeness (QED) is 0.793. The Kier molecular flexibility index (Phi) is 4.34. The summed E-state index contributed by atoms with van der Waals surface area (Å²) in [6, 6.07) is 9.36. The number of aryl methyl sites for hydroxylation is 1. The van der Waals surface area contributed by atoms with Gasteiger partial charge in [0.05, 0.1) is 18.4 Å². The van der Waals surface area contributed by atoms with Crippen LogP contribution in [0.5, 0.6) is 5.75 Å². The van der Waals surface area contributed by atoms with Gasteiger partial charge in [0.2, 0.25) is 0 Å². The van der Waals surface area contributed by atoms with Gasteiger partial charge in [0, 0.05) is 23.3 Å². The van der Waals surface area contributed by atoms with Crippen LogP contribution in [0.4, 0.5) is 5.13 Å². The Morgan fingerprint density at radius 2 is 2.17 bits per heavy atom. The zero-order chi connectivity index (χ0) is 16.2. The van der Waals surface area contributed by atoms with Gasteiger partial charge in [0.1, 0.15) is 5.75 Å². The molecule has 0 fully saturated rings. The van der Waals surface area contributed by atoms with Gasteiger partial charge in [-0.05, 0) is 36.8 Å². The Morgan fingerprint density at radius 3 is 2.91 bits per heavy atom. The van der Waals surface area contributed by atoms with Crippen LogP contribution in [0.25, 0.3) is 11.3 Å². The zero-order valence-corrected chi connectivity index (χ0v) is 13.6. The monoisotopic (exact) mass is 325 g/mol. The van der Waals surface area contributed by atoms with Crippen molar-refractivity contribution in [2.75, 3.05) is 12.4 Å². The smallest absolute Gasteiger partial charge is 0.259 e. The number of benzene rings is 1. The van der Waals surface area contributed by atoms with Crippen LogP contribution in [0, 0.1) is 6.92 Å². The summed E-state index contributed by atoms with van der Waals surface area (Å²) in [6.07, 6.45) is 3.15. The molecule has 0 aliphatic heterocycles. The number of pyridine rings is 1. The molecule has 2 aromatic heterocycles. The van der Waals surface area contributed by atoms with Crippen molar-refractivity contribution in [1.29, 1.82) is 0 Å². The van der Waals surface area contributed by atoms with Gasteiger partial charge >= 0.3 is 0 Å². The van der Waals surface area contributed by atoms with Gasteiger partial charge in [-0.25, -0.2) is 4.98 Å². The van der Waals surface area contributed by atoms with Gasteiger partial charge in [-0.3, -0.25) is 15.1 Å². The Labute approximate surface area is 138 Å². The van der Waals surface area contributed by atoms with E-state index in [1.165, 1.54) is 17.5 Å². The van der Waals surface area contributed by atoms with Crippen LogP contribution < -0.4 is 10.1 Å². The lowest BCUT2D eigenvalue weighted by Crippen LogP contribution is -2.11. The topological polar surface area (TPSA) is 64.1 Å². The molecular weight excluding hydrogens is 310 g/mol. The second-order valence-electron chi connectivity index (χ2n) is 4.94. The molecule has 23 heavy (non-hydrogen) atoms. The third kappa shape index (κ3) is 3.37. The molecule has 0 spiro atoms. The molecule has 0 aliphatic rings. The van der Waals surface area contributed by atoms with Crippen molar-refractivity contribution in [3.8, 4) is 17.0 Å². The number of aromatic nitrogens is 2. The molecule has 2 heterocycles. The minimum atomic E-state index is -0.227. The van der Waals surface area contributed by atoms with Crippen LogP contribution >= 0.6 is 11.3 Å². The fourth-order valence-electron chi connectivity index (χ4n) is 2.13. The molecule has 3 rings (SSSR count). The highest BCUT2D eigenvalue weighted by Crippen LogP contribution is 2.32. The van der Waals surface area contributed by atoms with Crippen LogP contribution in [0.3, 0.4) is 0 Å². The second kappa shape index (κ2) is 6.58. The zero-order valence-electron chi connectivity index (χ0n) is 12.7. The van der Waals surface area contributed by atoms with E-state index in [0.29, 0.717) is 10.7 Å². The Bertz CT molecular complexity index is 831. The first kappa shape index (κ1) is 15.2. The van der Waals surface area contributed by atoms with Crippen LogP contribution in [0.1, 0.15) is 15.9 Å². The number of carbonyl (C=O) groups excluding carboxylic acids is 1. The maximum absolute atomic E-state index is 12.1. The molecule has 6 heteroatoms. The van der Waals surface area contributed by atoms with Gasteiger partial charge in [0.25, 0.3) is 5.91 Å². The van der Waals surface area contributed by atoms with E-state index < -0.39 is 0 Å². The first-order chi connectivity index (χ1) is 11.2. The van der Waals surface area contributed by atoms with Gasteiger partial charge < -0.3 is 4.74 Å². The molecule has 1 aromatic carbocycles. The average Bonchev–Trinajstić information content (AvgIpc) is 3.03. The van der Waals surface area contributed by atoms with E-state index in [2.05, 4.69) is 15.3 Å². The van der Waals surface area contributed by atoms with E-state index in [1.807, 2.05) is 30.5 Å². The number of hydrogen-bond acceptors (Lipinski definition) is 5. The van der Waals surface area contributed by atoms with Crippen molar-refractivity contribution in [2.24, 2.45) is 0 Å². The van der Waals surface area contributed by atoms with Crippen LogP contribution in [0.2, 0.25) is 0 Å². The van der Waals surface area contributed by atoms with E-state index in [9.17, 15) is 4.79 Å². The summed E-state index contributed by atoms with van der Waals surface area (Å²) in [5.41, 5.74) is 3.28. The average molecular weight is 325 g/mol. The van der Waals surface area contributed by atoms with E-state index in [4.69, 9.17) is 4.74 Å². The molecule has 0 saturated heterocycles. The number of thiazole rings is 1. The number of rotatable bonds is 4. The number of nitrogens with zero attached hydrogens (tertiary/aromatic N) is 2. The molecular formula is C17H15N3O2S. The number of ether oxygens (including phenoxy) is 1. The predicted molar refractivity (Wildman–Crippen MR) is 91.0 cm³/mol. The number of hydrogen-bond donors (Lipinski definition) is 1. The lowest BCUT2D eigenvalue weighted by molar-refractivity contribution is 0.102. The molecule has 0 radical (unpaired) electrons. The van der Waals surface area contributed by atoms with Crippen LogP contribution in [-0.2, 0) is 0 Å². The molecule has 3 aromatic rings. The highest BCUT2D eigenvalue weighted by Gasteiger charge is 2.12. The summed E-state index contributed by atoms with van der Waals surface area (Å²) in [4.78, 5) is 20.5. The van der Waals surface area contributed by atoms with Crippen molar-refractivity contribution in [1.82, 2.24) is 9.97 Å². The van der Waals surface area contributed by atoms with Gasteiger partial charge in [0.15, 0.2) is 5.13 Å². The third-order valence-electron chi connectivity index (χ3n) is 3.28. The fourth-order valence-corrected chi connectivity index (χ4v) is 2.84. The number of methoxy groups -OCH3 is 1. The van der Waals surface area contributed by atoms with Crippen LogP contribution in [-0.4, -0.2) is 23.0 Å². The lowest BCUT2D eigenvalue weighted by Gasteiger charge is -2.07. The molecule has 0 aliphatic carbocycles. The minimum absolute atomic E-state index is 0.227. The van der Waals surface area contributed by atoms with Crippen molar-refractivity contribution < 1.29 is 9.53 Å². The van der Waals surface area contributed by atoms with Gasteiger partial charge in [-0.15, -0.1) is 11.3 Å². The largest absolute Gasteiger partial charge is 0.496 e. The Morgan fingerprint density at radius 1 is 1.30 bits per heavy atom. The summed E-state index contributed by atoms with van der Waals surface area (Å²) in [6.45, 7) is 2.01. The number of nitrogens with one attached hydrogen (secondary N) is 1. The van der Waals surface area contributed by atoms with Crippen molar-refractivity contribution in [3.63, 3.8) is 0 Å². The van der Waals surface area contributed by atoms with Crippen LogP contribution in [0.15, 0.2) is 48.1 Å². The lowest BCUT2D eigenvalue weighted by atomic mass is 10.1. The summed E-state index contributed by atoms with van der Waals surface area (Å²) in [5.74, 6) is 0.537. The number of carbonyl (C=O) groups is 1. The van der Waals surface area contributed by atoms with Crippen molar-refractivity contribution in [2.45, 2.75) is 6.92 Å². The minimum Gasteiger partial charge on any atom is -0.496 e. The summed E-state index contributed by atoms with van der Waals surface area (Å²) in [5, 5.41) is 5.22. The maximum Gasteiger partial charge on any atom is 0.259 e. The third-order valence-corrected chi connectivity index (χ3v) is 4.04. The van der Waals surface area contributed by atoms with E-state index in [-0.39, 0.29) is 5.91 Å². The summed E-state index contributed by atoms with van der Waals surface area (Å²) >= 11 is 1.37. The second-order valence-corrected chi connectivity index (χ2v) is 5.80. The van der Waals surface area contributed by atoms with Crippen molar-refractivity contribution in [3.05, 3.63) is 59.2 Å². The predicted octanol–water partition coefficient (Wildman–Crippen LogP) is 3.77. The van der Waals surface area contributed by atoms with E-state index >= 15 is 0 Å². The highest BCUT2D eigenvalue weighted by atomic mass is 32.1. The molecule has 1 amide bonds.